The number of piperazine rings is 1. The predicted molar refractivity (Wildman–Crippen MR) is 74.8 cm³/mol. The maximum atomic E-state index is 11.6. The lowest BCUT2D eigenvalue weighted by Gasteiger charge is -2.36. The average Bonchev–Trinajstić information content (AvgIpc) is 2.86. The van der Waals surface area contributed by atoms with Crippen LogP contribution in [0.25, 0.3) is 0 Å². The van der Waals surface area contributed by atoms with Crippen molar-refractivity contribution >= 4 is 22.0 Å². The van der Waals surface area contributed by atoms with Gasteiger partial charge in [-0.1, -0.05) is 0 Å². The average molecular weight is 328 g/mol. The van der Waals surface area contributed by atoms with Crippen LogP contribution in [-0.4, -0.2) is 57.8 Å². The summed E-state index contributed by atoms with van der Waals surface area (Å²) in [5, 5.41) is 7.33. The minimum Gasteiger partial charge on any atom is -0.336 e. The molecule has 2 amide bonds. The Hall–Kier alpha value is -1.08. The third kappa shape index (κ3) is 2.25. The van der Waals surface area contributed by atoms with Gasteiger partial charge in [-0.05, 0) is 22.9 Å². The Morgan fingerprint density at radius 1 is 1.47 bits per heavy atom. The molecule has 3 rings (SSSR count). The fraction of sp³-hybridized carbons (Fsp3) is 0.667. The number of aromatic nitrogens is 2. The van der Waals surface area contributed by atoms with Crippen molar-refractivity contribution in [3.05, 3.63) is 15.9 Å². The number of halogens is 1. The zero-order valence-corrected chi connectivity index (χ0v) is 12.8. The molecule has 1 aromatic heterocycles. The van der Waals surface area contributed by atoms with Crippen LogP contribution in [0.5, 0.6) is 0 Å². The number of nitrogens with zero attached hydrogens (tertiary/aromatic N) is 4. The smallest absolute Gasteiger partial charge is 0.317 e. The highest BCUT2D eigenvalue weighted by Crippen LogP contribution is 2.23. The van der Waals surface area contributed by atoms with Crippen molar-refractivity contribution in [1.29, 1.82) is 0 Å². The van der Waals surface area contributed by atoms with Gasteiger partial charge in [-0.3, -0.25) is 9.58 Å². The lowest BCUT2D eigenvalue weighted by atomic mass is 10.2. The number of fused-ring (bicyclic) bond motifs is 1. The first-order valence-electron chi connectivity index (χ1n) is 6.51. The molecule has 1 unspecified atom stereocenters. The van der Waals surface area contributed by atoms with Crippen molar-refractivity contribution in [2.24, 2.45) is 7.05 Å². The van der Waals surface area contributed by atoms with Crippen LogP contribution in [-0.2, 0) is 13.6 Å². The van der Waals surface area contributed by atoms with Crippen molar-refractivity contribution in [3.8, 4) is 0 Å². The summed E-state index contributed by atoms with van der Waals surface area (Å²) in [4.78, 5) is 15.9. The monoisotopic (exact) mass is 327 g/mol. The Kier molecular flexibility index (Phi) is 3.26. The Balaban J connectivity index is 1.70. The number of amides is 2. The molecular formula is C12H18BrN5O. The molecule has 3 heterocycles. The van der Waals surface area contributed by atoms with Gasteiger partial charge in [0.15, 0.2) is 0 Å². The molecule has 1 atom stereocenters. The standard InChI is InChI=1S/C12H18BrN5O/c1-8-11(13)10(16(2)15-8)7-17-3-4-18-9(6-17)5-14-12(18)19/h9H,3-7H2,1-2H3,(H,14,19). The minimum absolute atomic E-state index is 0.0854. The third-order valence-corrected chi connectivity index (χ3v) is 4.98. The van der Waals surface area contributed by atoms with Crippen LogP contribution >= 0.6 is 15.9 Å². The predicted octanol–water partition coefficient (Wildman–Crippen LogP) is 0.700. The van der Waals surface area contributed by atoms with Gasteiger partial charge in [0.05, 0.1) is 21.9 Å². The molecule has 7 heteroatoms. The number of hydrogen-bond donors (Lipinski definition) is 1. The lowest BCUT2D eigenvalue weighted by molar-refractivity contribution is 0.114. The largest absolute Gasteiger partial charge is 0.336 e. The van der Waals surface area contributed by atoms with Gasteiger partial charge in [-0.25, -0.2) is 4.79 Å². The number of nitrogens with one attached hydrogen (secondary N) is 1. The van der Waals surface area contributed by atoms with E-state index in [0.29, 0.717) is 6.04 Å². The molecule has 0 aromatic carbocycles. The Morgan fingerprint density at radius 3 is 2.95 bits per heavy atom. The van der Waals surface area contributed by atoms with E-state index in [0.717, 1.165) is 42.9 Å². The fourth-order valence-electron chi connectivity index (χ4n) is 2.88. The summed E-state index contributed by atoms with van der Waals surface area (Å²) in [5.41, 5.74) is 2.22. The first-order valence-corrected chi connectivity index (χ1v) is 7.30. The van der Waals surface area contributed by atoms with E-state index < -0.39 is 0 Å². The second-order valence-corrected chi connectivity index (χ2v) is 6.03. The van der Waals surface area contributed by atoms with Crippen LogP contribution in [0.3, 0.4) is 0 Å². The number of urea groups is 1. The van der Waals surface area contributed by atoms with Crippen LogP contribution in [0.15, 0.2) is 4.47 Å². The third-order valence-electron chi connectivity index (χ3n) is 3.95. The van der Waals surface area contributed by atoms with Crippen molar-refractivity contribution in [2.75, 3.05) is 26.2 Å². The van der Waals surface area contributed by atoms with Gasteiger partial charge in [0.25, 0.3) is 0 Å². The number of carbonyl (C=O) groups excluding carboxylic acids is 1. The normalized spacial score (nSPS) is 23.6. The molecule has 2 aliphatic heterocycles. The molecule has 0 bridgehead atoms. The molecule has 19 heavy (non-hydrogen) atoms. The number of rotatable bonds is 2. The molecular weight excluding hydrogens is 310 g/mol. The number of hydrogen-bond acceptors (Lipinski definition) is 3. The zero-order chi connectivity index (χ0) is 13.6. The van der Waals surface area contributed by atoms with Crippen LogP contribution in [0, 0.1) is 6.92 Å². The maximum absolute atomic E-state index is 11.6. The van der Waals surface area contributed by atoms with E-state index >= 15 is 0 Å². The van der Waals surface area contributed by atoms with Gasteiger partial charge in [0, 0.05) is 39.8 Å². The highest BCUT2D eigenvalue weighted by molar-refractivity contribution is 9.10. The summed E-state index contributed by atoms with van der Waals surface area (Å²) in [7, 11) is 1.98. The molecule has 104 valence electrons. The molecule has 1 aromatic rings. The summed E-state index contributed by atoms with van der Waals surface area (Å²) in [5.74, 6) is 0. The van der Waals surface area contributed by atoms with Crippen molar-refractivity contribution < 1.29 is 4.79 Å². The van der Waals surface area contributed by atoms with Crippen molar-refractivity contribution in [3.63, 3.8) is 0 Å². The summed E-state index contributed by atoms with van der Waals surface area (Å²) in [6.07, 6.45) is 0. The highest BCUT2D eigenvalue weighted by Gasteiger charge is 2.35. The Morgan fingerprint density at radius 2 is 2.26 bits per heavy atom. The van der Waals surface area contributed by atoms with Gasteiger partial charge in [-0.15, -0.1) is 0 Å². The fourth-order valence-corrected chi connectivity index (χ4v) is 3.34. The van der Waals surface area contributed by atoms with E-state index in [1.54, 1.807) is 0 Å². The van der Waals surface area contributed by atoms with Gasteiger partial charge < -0.3 is 10.2 Å². The Labute approximate surface area is 120 Å². The summed E-state index contributed by atoms with van der Waals surface area (Å²) >= 11 is 3.61. The van der Waals surface area contributed by atoms with E-state index in [1.807, 2.05) is 23.6 Å². The quantitative estimate of drug-likeness (QED) is 0.870. The summed E-state index contributed by atoms with van der Waals surface area (Å²) < 4.78 is 3.03. The van der Waals surface area contributed by atoms with Crippen molar-refractivity contribution in [2.45, 2.75) is 19.5 Å². The lowest BCUT2D eigenvalue weighted by Crippen LogP contribution is -2.51. The van der Waals surface area contributed by atoms with E-state index in [9.17, 15) is 4.79 Å². The van der Waals surface area contributed by atoms with Crippen molar-refractivity contribution in [1.82, 2.24) is 24.9 Å². The second-order valence-electron chi connectivity index (χ2n) is 5.24. The SMILES string of the molecule is Cc1nn(C)c(CN2CCN3C(=O)NCC3C2)c1Br. The molecule has 0 radical (unpaired) electrons. The second kappa shape index (κ2) is 4.79. The summed E-state index contributed by atoms with van der Waals surface area (Å²) in [6.45, 7) is 6.30. The minimum atomic E-state index is 0.0854. The van der Waals surface area contributed by atoms with E-state index in [-0.39, 0.29) is 6.03 Å². The van der Waals surface area contributed by atoms with E-state index in [1.165, 1.54) is 5.69 Å². The van der Waals surface area contributed by atoms with Crippen LogP contribution in [0.2, 0.25) is 0 Å². The molecule has 0 saturated carbocycles. The van der Waals surface area contributed by atoms with Crippen LogP contribution in [0.4, 0.5) is 4.79 Å². The van der Waals surface area contributed by atoms with Gasteiger partial charge in [0.1, 0.15) is 0 Å². The first kappa shape index (κ1) is 12.9. The van der Waals surface area contributed by atoms with Gasteiger partial charge in [-0.2, -0.15) is 5.10 Å². The van der Waals surface area contributed by atoms with Gasteiger partial charge in [0.2, 0.25) is 0 Å². The van der Waals surface area contributed by atoms with E-state index in [4.69, 9.17) is 0 Å². The van der Waals surface area contributed by atoms with Crippen LogP contribution in [0.1, 0.15) is 11.4 Å². The van der Waals surface area contributed by atoms with Crippen LogP contribution < -0.4 is 5.32 Å². The molecule has 2 aliphatic rings. The maximum Gasteiger partial charge on any atom is 0.317 e. The number of carbonyl (C=O) groups is 1. The zero-order valence-electron chi connectivity index (χ0n) is 11.2. The molecule has 2 saturated heterocycles. The van der Waals surface area contributed by atoms with E-state index in [2.05, 4.69) is 31.2 Å². The summed E-state index contributed by atoms with van der Waals surface area (Å²) in [6, 6.07) is 0.400. The Bertz CT molecular complexity index is 514. The molecule has 0 spiro atoms. The topological polar surface area (TPSA) is 53.4 Å². The molecule has 6 nitrogen and oxygen atoms in total. The van der Waals surface area contributed by atoms with Gasteiger partial charge >= 0.3 is 6.03 Å². The molecule has 0 aliphatic carbocycles. The molecule has 1 N–H and O–H groups in total. The first-order chi connectivity index (χ1) is 9.06. The number of aryl methyl sites for hydroxylation is 2. The highest BCUT2D eigenvalue weighted by atomic mass is 79.9. The molecule has 2 fully saturated rings.